The molecule has 5 nitrogen and oxygen atoms in total. The minimum Gasteiger partial charge on any atom is -0.342 e. The molecule has 1 unspecified atom stereocenters. The molecule has 0 aliphatic carbocycles. The van der Waals surface area contributed by atoms with E-state index in [0.29, 0.717) is 25.3 Å². The molecule has 1 aliphatic rings. The molecule has 1 aromatic carbocycles. The highest BCUT2D eigenvalue weighted by Gasteiger charge is 2.34. The third kappa shape index (κ3) is 4.41. The third-order valence-corrected chi connectivity index (χ3v) is 4.34. The second kappa shape index (κ2) is 7.42. The predicted molar refractivity (Wildman–Crippen MR) is 92.4 cm³/mol. The van der Waals surface area contributed by atoms with Gasteiger partial charge in [0, 0.05) is 25.7 Å². The van der Waals surface area contributed by atoms with E-state index in [2.05, 4.69) is 10.3 Å². The van der Waals surface area contributed by atoms with Gasteiger partial charge < -0.3 is 10.2 Å². The molecule has 3 rings (SSSR count). The van der Waals surface area contributed by atoms with Crippen LogP contribution in [-0.2, 0) is 16.0 Å². The van der Waals surface area contributed by atoms with Gasteiger partial charge in [0.1, 0.15) is 11.6 Å². The number of benzene rings is 1. The highest BCUT2D eigenvalue weighted by molar-refractivity contribution is 5.96. The normalized spacial score (nSPS) is 17.0. The molecule has 0 spiro atoms. The summed E-state index contributed by atoms with van der Waals surface area (Å²) in [6.07, 6.45) is 2.49. The number of pyridine rings is 1. The van der Waals surface area contributed by atoms with Crippen LogP contribution in [0.1, 0.15) is 17.5 Å². The van der Waals surface area contributed by atoms with Crippen molar-refractivity contribution in [1.29, 1.82) is 0 Å². The second-order valence-corrected chi connectivity index (χ2v) is 6.32. The molecule has 2 aromatic rings. The third-order valence-electron chi connectivity index (χ3n) is 4.34. The number of aryl methyl sites for hydroxylation is 1. The summed E-state index contributed by atoms with van der Waals surface area (Å²) in [5.41, 5.74) is 1.97. The van der Waals surface area contributed by atoms with Crippen LogP contribution in [0, 0.1) is 18.7 Å². The van der Waals surface area contributed by atoms with Gasteiger partial charge in [-0.2, -0.15) is 0 Å². The van der Waals surface area contributed by atoms with Crippen molar-refractivity contribution in [3.8, 4) is 0 Å². The van der Waals surface area contributed by atoms with Crippen LogP contribution in [-0.4, -0.2) is 34.8 Å². The maximum absolute atomic E-state index is 12.9. The Morgan fingerprint density at radius 1 is 1.32 bits per heavy atom. The first-order valence-corrected chi connectivity index (χ1v) is 8.27. The fourth-order valence-corrected chi connectivity index (χ4v) is 2.91. The number of hydrogen-bond acceptors (Lipinski definition) is 3. The Hall–Kier alpha value is -2.76. The summed E-state index contributed by atoms with van der Waals surface area (Å²) >= 11 is 0. The van der Waals surface area contributed by atoms with Gasteiger partial charge in [0.05, 0.1) is 5.92 Å². The highest BCUT2D eigenvalue weighted by Crippen LogP contribution is 2.20. The highest BCUT2D eigenvalue weighted by atomic mass is 19.1. The minimum absolute atomic E-state index is 0.0283. The molecule has 25 heavy (non-hydrogen) atoms. The largest absolute Gasteiger partial charge is 0.342 e. The van der Waals surface area contributed by atoms with Crippen molar-refractivity contribution in [1.82, 2.24) is 9.88 Å². The van der Waals surface area contributed by atoms with E-state index in [1.54, 1.807) is 29.3 Å². The van der Waals surface area contributed by atoms with Crippen LogP contribution in [0.2, 0.25) is 0 Å². The Labute approximate surface area is 145 Å². The number of anilines is 1. The van der Waals surface area contributed by atoms with E-state index >= 15 is 0 Å². The molecule has 1 aromatic heterocycles. The summed E-state index contributed by atoms with van der Waals surface area (Å²) in [4.78, 5) is 30.3. The van der Waals surface area contributed by atoms with Crippen molar-refractivity contribution >= 4 is 17.6 Å². The van der Waals surface area contributed by atoms with Crippen molar-refractivity contribution in [2.24, 2.45) is 5.92 Å². The van der Waals surface area contributed by atoms with Gasteiger partial charge in [-0.05, 0) is 48.7 Å². The SMILES string of the molecule is Cc1ccnc(NC(=O)C2CC(=O)N(CCc3ccc(F)cc3)C2)c1. The first-order valence-electron chi connectivity index (χ1n) is 8.27. The quantitative estimate of drug-likeness (QED) is 0.909. The molecule has 0 saturated carbocycles. The molecule has 1 N–H and O–H groups in total. The Kier molecular flexibility index (Phi) is 5.07. The average molecular weight is 341 g/mol. The molecule has 0 radical (unpaired) electrons. The predicted octanol–water partition coefficient (Wildman–Crippen LogP) is 2.56. The van der Waals surface area contributed by atoms with E-state index in [4.69, 9.17) is 0 Å². The Bertz CT molecular complexity index is 776. The van der Waals surface area contributed by atoms with Crippen molar-refractivity contribution in [3.05, 3.63) is 59.5 Å². The number of carbonyl (C=O) groups is 2. The van der Waals surface area contributed by atoms with Crippen LogP contribution in [0.15, 0.2) is 42.6 Å². The van der Waals surface area contributed by atoms with Crippen LogP contribution >= 0.6 is 0 Å². The second-order valence-electron chi connectivity index (χ2n) is 6.32. The number of nitrogens with one attached hydrogen (secondary N) is 1. The standard InChI is InChI=1S/C19H20FN3O2/c1-13-6-8-21-17(10-13)22-19(25)15-11-18(24)23(12-15)9-7-14-2-4-16(20)5-3-14/h2-6,8,10,15H,7,9,11-12H2,1H3,(H,21,22,25). The number of carbonyl (C=O) groups excluding carboxylic acids is 2. The monoisotopic (exact) mass is 341 g/mol. The topological polar surface area (TPSA) is 62.3 Å². The molecule has 1 fully saturated rings. The summed E-state index contributed by atoms with van der Waals surface area (Å²) < 4.78 is 12.9. The summed E-state index contributed by atoms with van der Waals surface area (Å²) in [6.45, 7) is 2.85. The lowest BCUT2D eigenvalue weighted by Crippen LogP contribution is -2.30. The zero-order valence-corrected chi connectivity index (χ0v) is 14.0. The van der Waals surface area contributed by atoms with E-state index in [0.717, 1.165) is 11.1 Å². The van der Waals surface area contributed by atoms with Crippen LogP contribution in [0.4, 0.5) is 10.2 Å². The fourth-order valence-electron chi connectivity index (χ4n) is 2.91. The van der Waals surface area contributed by atoms with Crippen molar-refractivity contribution in [3.63, 3.8) is 0 Å². The smallest absolute Gasteiger partial charge is 0.230 e. The molecule has 1 atom stereocenters. The van der Waals surface area contributed by atoms with Gasteiger partial charge in [-0.25, -0.2) is 9.37 Å². The lowest BCUT2D eigenvalue weighted by Gasteiger charge is -2.16. The van der Waals surface area contributed by atoms with Gasteiger partial charge in [-0.1, -0.05) is 12.1 Å². The Morgan fingerprint density at radius 3 is 2.80 bits per heavy atom. The van der Waals surface area contributed by atoms with Gasteiger partial charge >= 0.3 is 0 Å². The number of rotatable bonds is 5. The molecule has 2 heterocycles. The van der Waals surface area contributed by atoms with Crippen molar-refractivity contribution < 1.29 is 14.0 Å². The maximum atomic E-state index is 12.9. The molecular weight excluding hydrogens is 321 g/mol. The van der Waals surface area contributed by atoms with Gasteiger partial charge in [0.25, 0.3) is 0 Å². The summed E-state index contributed by atoms with van der Waals surface area (Å²) in [5.74, 6) is -0.358. The van der Waals surface area contributed by atoms with Gasteiger partial charge in [0.15, 0.2) is 0 Å². The molecule has 2 amide bonds. The first-order chi connectivity index (χ1) is 12.0. The van der Waals surface area contributed by atoms with E-state index < -0.39 is 0 Å². The Morgan fingerprint density at radius 2 is 2.08 bits per heavy atom. The molecule has 1 saturated heterocycles. The molecular formula is C19H20FN3O2. The van der Waals surface area contributed by atoms with Gasteiger partial charge in [0.2, 0.25) is 11.8 Å². The number of nitrogens with zero attached hydrogens (tertiary/aromatic N) is 2. The van der Waals surface area contributed by atoms with E-state index in [1.165, 1.54) is 12.1 Å². The molecule has 0 bridgehead atoms. The summed E-state index contributed by atoms with van der Waals surface area (Å²) in [6, 6.07) is 9.89. The first kappa shape index (κ1) is 17.1. The van der Waals surface area contributed by atoms with Crippen LogP contribution in [0.5, 0.6) is 0 Å². The number of likely N-dealkylation sites (tertiary alicyclic amines) is 1. The van der Waals surface area contributed by atoms with Gasteiger partial charge in [-0.15, -0.1) is 0 Å². The number of hydrogen-bond donors (Lipinski definition) is 1. The lowest BCUT2D eigenvalue weighted by molar-refractivity contribution is -0.128. The van der Waals surface area contributed by atoms with Crippen molar-refractivity contribution in [2.45, 2.75) is 19.8 Å². The minimum atomic E-state index is -0.372. The average Bonchev–Trinajstić information content (AvgIpc) is 2.95. The summed E-state index contributed by atoms with van der Waals surface area (Å²) in [5, 5.41) is 2.78. The Balaban J connectivity index is 1.54. The van der Waals surface area contributed by atoms with E-state index in [-0.39, 0.29) is 30.0 Å². The molecule has 1 aliphatic heterocycles. The van der Waals surface area contributed by atoms with Crippen molar-refractivity contribution in [2.75, 3.05) is 18.4 Å². The summed E-state index contributed by atoms with van der Waals surface area (Å²) in [7, 11) is 0. The van der Waals surface area contributed by atoms with Gasteiger partial charge in [-0.3, -0.25) is 9.59 Å². The van der Waals surface area contributed by atoms with Crippen LogP contribution in [0.3, 0.4) is 0 Å². The van der Waals surface area contributed by atoms with Crippen LogP contribution < -0.4 is 5.32 Å². The maximum Gasteiger partial charge on any atom is 0.230 e. The number of amides is 2. The molecule has 130 valence electrons. The zero-order chi connectivity index (χ0) is 17.8. The lowest BCUT2D eigenvalue weighted by atomic mass is 10.1. The van der Waals surface area contributed by atoms with E-state index in [9.17, 15) is 14.0 Å². The fraction of sp³-hybridized carbons (Fsp3) is 0.316. The molecule has 6 heteroatoms. The zero-order valence-electron chi connectivity index (χ0n) is 14.0. The number of halogens is 1. The van der Waals surface area contributed by atoms with E-state index in [1.807, 2.05) is 13.0 Å². The van der Waals surface area contributed by atoms with Crippen LogP contribution in [0.25, 0.3) is 0 Å². The number of aromatic nitrogens is 1.